The van der Waals surface area contributed by atoms with Crippen molar-refractivity contribution in [3.05, 3.63) is 41.7 Å². The Morgan fingerprint density at radius 3 is 3.04 bits per heavy atom. The van der Waals surface area contributed by atoms with Gasteiger partial charge in [0.2, 0.25) is 5.91 Å². The van der Waals surface area contributed by atoms with Crippen LogP contribution in [0, 0.1) is 5.82 Å². The Balaban J connectivity index is 1.74. The van der Waals surface area contributed by atoms with Crippen molar-refractivity contribution in [3.8, 4) is 5.75 Å². The molecule has 1 amide bonds. The van der Waals surface area contributed by atoms with Crippen LogP contribution >= 0.6 is 0 Å². The lowest BCUT2D eigenvalue weighted by molar-refractivity contribution is -0.134. The summed E-state index contributed by atoms with van der Waals surface area (Å²) in [6.45, 7) is 0.683. The van der Waals surface area contributed by atoms with E-state index in [2.05, 4.69) is 15.2 Å². The van der Waals surface area contributed by atoms with Gasteiger partial charge in [-0.2, -0.15) is 5.10 Å². The van der Waals surface area contributed by atoms with Crippen molar-refractivity contribution in [1.29, 1.82) is 0 Å². The van der Waals surface area contributed by atoms with Crippen molar-refractivity contribution in [3.63, 3.8) is 0 Å². The Morgan fingerprint density at radius 1 is 1.48 bits per heavy atom. The largest absolute Gasteiger partial charge is 0.494 e. The summed E-state index contributed by atoms with van der Waals surface area (Å²) in [5.74, 6) is 0.400. The van der Waals surface area contributed by atoms with Gasteiger partial charge in [-0.3, -0.25) is 9.89 Å². The maximum absolute atomic E-state index is 13.8. The summed E-state index contributed by atoms with van der Waals surface area (Å²) in [7, 11) is 1.42. The summed E-state index contributed by atoms with van der Waals surface area (Å²) >= 11 is 0. The SMILES string of the molecule is COc1ccc(CC(=O)N2CCCCC2c2ncn[nH]2)cc1F. The van der Waals surface area contributed by atoms with Crippen LogP contribution in [0.4, 0.5) is 4.39 Å². The summed E-state index contributed by atoms with van der Waals surface area (Å²) in [6.07, 6.45) is 4.48. The van der Waals surface area contributed by atoms with E-state index in [0.717, 1.165) is 19.3 Å². The summed E-state index contributed by atoms with van der Waals surface area (Å²) in [4.78, 5) is 18.6. The lowest BCUT2D eigenvalue weighted by atomic mass is 10.00. The van der Waals surface area contributed by atoms with Gasteiger partial charge in [0, 0.05) is 6.54 Å². The highest BCUT2D eigenvalue weighted by Gasteiger charge is 2.29. The van der Waals surface area contributed by atoms with E-state index >= 15 is 0 Å². The number of methoxy groups -OCH3 is 1. The normalized spacial score (nSPS) is 18.0. The predicted octanol–water partition coefficient (Wildman–Crippen LogP) is 2.25. The van der Waals surface area contributed by atoms with Gasteiger partial charge in [0.25, 0.3) is 0 Å². The van der Waals surface area contributed by atoms with Crippen LogP contribution in [0.15, 0.2) is 24.5 Å². The Bertz CT molecular complexity index is 675. The molecule has 1 aromatic heterocycles. The number of ether oxygens (including phenoxy) is 1. The molecule has 0 spiro atoms. The first-order chi connectivity index (χ1) is 11.2. The molecule has 1 unspecified atom stereocenters. The van der Waals surface area contributed by atoms with Crippen LogP contribution in [0.3, 0.4) is 0 Å². The zero-order chi connectivity index (χ0) is 16.2. The molecule has 0 bridgehead atoms. The summed E-state index contributed by atoms with van der Waals surface area (Å²) in [5, 5.41) is 6.72. The molecule has 0 radical (unpaired) electrons. The van der Waals surface area contributed by atoms with Gasteiger partial charge in [0.1, 0.15) is 12.2 Å². The minimum absolute atomic E-state index is 0.0318. The smallest absolute Gasteiger partial charge is 0.227 e. The van der Waals surface area contributed by atoms with E-state index in [1.807, 2.05) is 4.90 Å². The van der Waals surface area contributed by atoms with E-state index in [-0.39, 0.29) is 24.1 Å². The number of likely N-dealkylation sites (tertiary alicyclic amines) is 1. The average Bonchev–Trinajstić information content (AvgIpc) is 3.09. The highest BCUT2D eigenvalue weighted by atomic mass is 19.1. The molecule has 2 aromatic rings. The third-order valence-electron chi connectivity index (χ3n) is 4.14. The van der Waals surface area contributed by atoms with Gasteiger partial charge in [-0.05, 0) is 37.0 Å². The predicted molar refractivity (Wildman–Crippen MR) is 81.3 cm³/mol. The molecule has 1 fully saturated rings. The molecular formula is C16H19FN4O2. The van der Waals surface area contributed by atoms with Crippen molar-refractivity contribution in [2.75, 3.05) is 13.7 Å². The molecule has 0 saturated carbocycles. The number of nitrogens with one attached hydrogen (secondary N) is 1. The van der Waals surface area contributed by atoms with Crippen LogP contribution < -0.4 is 4.74 Å². The number of piperidine rings is 1. The van der Waals surface area contributed by atoms with Gasteiger partial charge < -0.3 is 9.64 Å². The van der Waals surface area contributed by atoms with Crippen molar-refractivity contribution in [2.24, 2.45) is 0 Å². The lowest BCUT2D eigenvalue weighted by Gasteiger charge is -2.34. The number of H-pyrrole nitrogens is 1. The number of aromatic amines is 1. The molecule has 2 heterocycles. The van der Waals surface area contributed by atoms with Crippen LogP contribution in [0.1, 0.15) is 36.7 Å². The van der Waals surface area contributed by atoms with Gasteiger partial charge in [-0.25, -0.2) is 9.37 Å². The molecule has 23 heavy (non-hydrogen) atoms. The van der Waals surface area contributed by atoms with Crippen LogP contribution in [0.5, 0.6) is 5.75 Å². The van der Waals surface area contributed by atoms with Gasteiger partial charge in [-0.15, -0.1) is 0 Å². The molecule has 1 aromatic carbocycles. The monoisotopic (exact) mass is 318 g/mol. The van der Waals surface area contributed by atoms with Gasteiger partial charge >= 0.3 is 0 Å². The van der Waals surface area contributed by atoms with Crippen LogP contribution in [-0.2, 0) is 11.2 Å². The van der Waals surface area contributed by atoms with Crippen LogP contribution in [-0.4, -0.2) is 39.6 Å². The second kappa shape index (κ2) is 6.76. The number of benzene rings is 1. The van der Waals surface area contributed by atoms with Crippen molar-refractivity contribution in [1.82, 2.24) is 20.1 Å². The molecule has 0 aliphatic carbocycles. The second-order valence-corrected chi connectivity index (χ2v) is 5.62. The van der Waals surface area contributed by atoms with Crippen LogP contribution in [0.25, 0.3) is 0 Å². The number of amides is 1. The third kappa shape index (κ3) is 3.33. The highest BCUT2D eigenvalue weighted by Crippen LogP contribution is 2.29. The molecule has 6 nitrogen and oxygen atoms in total. The Labute approximate surface area is 133 Å². The average molecular weight is 318 g/mol. The number of hydrogen-bond acceptors (Lipinski definition) is 4. The van der Waals surface area contributed by atoms with E-state index < -0.39 is 5.82 Å². The number of aromatic nitrogens is 3. The maximum atomic E-state index is 13.8. The standard InChI is InChI=1S/C16H19FN4O2/c1-23-14-6-5-11(8-12(14)17)9-15(22)21-7-3-2-4-13(21)16-18-10-19-20-16/h5-6,8,10,13H,2-4,7,9H2,1H3,(H,18,19,20). The van der Waals surface area contributed by atoms with E-state index in [0.29, 0.717) is 17.9 Å². The fourth-order valence-electron chi connectivity index (χ4n) is 2.99. The quantitative estimate of drug-likeness (QED) is 0.938. The first-order valence-electron chi connectivity index (χ1n) is 7.66. The zero-order valence-corrected chi connectivity index (χ0v) is 13.0. The first kappa shape index (κ1) is 15.5. The van der Waals surface area contributed by atoms with E-state index in [1.54, 1.807) is 12.1 Å². The minimum atomic E-state index is -0.455. The number of hydrogen-bond donors (Lipinski definition) is 1. The van der Waals surface area contributed by atoms with E-state index in [1.165, 1.54) is 19.5 Å². The molecule has 1 aliphatic heterocycles. The number of nitrogens with zero attached hydrogens (tertiary/aromatic N) is 3. The van der Waals surface area contributed by atoms with Gasteiger partial charge in [-0.1, -0.05) is 6.07 Å². The molecule has 1 atom stereocenters. The lowest BCUT2D eigenvalue weighted by Crippen LogP contribution is -2.39. The Morgan fingerprint density at radius 2 is 2.35 bits per heavy atom. The fourth-order valence-corrected chi connectivity index (χ4v) is 2.99. The fraction of sp³-hybridized carbons (Fsp3) is 0.438. The molecule has 1 aliphatic rings. The van der Waals surface area contributed by atoms with E-state index in [9.17, 15) is 9.18 Å². The van der Waals surface area contributed by atoms with Crippen LogP contribution in [0.2, 0.25) is 0 Å². The molecule has 3 rings (SSSR count). The molecular weight excluding hydrogens is 299 g/mol. The van der Waals surface area contributed by atoms with Crippen molar-refractivity contribution in [2.45, 2.75) is 31.7 Å². The highest BCUT2D eigenvalue weighted by molar-refractivity contribution is 5.79. The Kier molecular flexibility index (Phi) is 4.55. The topological polar surface area (TPSA) is 71.1 Å². The summed E-state index contributed by atoms with van der Waals surface area (Å²) in [6, 6.07) is 4.53. The molecule has 122 valence electrons. The number of halogens is 1. The van der Waals surface area contributed by atoms with Crippen molar-refractivity contribution >= 4 is 5.91 Å². The van der Waals surface area contributed by atoms with Gasteiger partial charge in [0.15, 0.2) is 11.6 Å². The Hall–Kier alpha value is -2.44. The first-order valence-corrected chi connectivity index (χ1v) is 7.66. The number of carbonyl (C=O) groups excluding carboxylic acids is 1. The molecule has 1 N–H and O–H groups in total. The van der Waals surface area contributed by atoms with Gasteiger partial charge in [0.05, 0.1) is 19.6 Å². The minimum Gasteiger partial charge on any atom is -0.494 e. The second-order valence-electron chi connectivity index (χ2n) is 5.62. The zero-order valence-electron chi connectivity index (χ0n) is 13.0. The summed E-state index contributed by atoms with van der Waals surface area (Å²) < 4.78 is 18.7. The third-order valence-corrected chi connectivity index (χ3v) is 4.14. The molecule has 7 heteroatoms. The molecule has 1 saturated heterocycles. The maximum Gasteiger partial charge on any atom is 0.227 e. The number of rotatable bonds is 4. The number of carbonyl (C=O) groups is 1. The summed E-state index contributed by atoms with van der Waals surface area (Å²) in [5.41, 5.74) is 0.634. The van der Waals surface area contributed by atoms with Crippen molar-refractivity contribution < 1.29 is 13.9 Å². The van der Waals surface area contributed by atoms with E-state index in [4.69, 9.17) is 4.74 Å².